The summed E-state index contributed by atoms with van der Waals surface area (Å²) in [5.41, 5.74) is 0. The van der Waals surface area contributed by atoms with Gasteiger partial charge in [-0.2, -0.15) is 5.10 Å². The number of amides is 1. The highest BCUT2D eigenvalue weighted by Crippen LogP contribution is 2.09. The Bertz CT molecular complexity index is 331. The van der Waals surface area contributed by atoms with Crippen molar-refractivity contribution in [1.82, 2.24) is 20.0 Å². The summed E-state index contributed by atoms with van der Waals surface area (Å²) in [7, 11) is 1.94. The van der Waals surface area contributed by atoms with Gasteiger partial charge in [-0.15, -0.1) is 24.8 Å². The highest BCUT2D eigenvalue weighted by atomic mass is 35.5. The van der Waals surface area contributed by atoms with Crippen LogP contribution in [0, 0.1) is 0 Å². The molecule has 1 fully saturated rings. The van der Waals surface area contributed by atoms with E-state index in [2.05, 4.69) is 10.4 Å². The van der Waals surface area contributed by atoms with E-state index in [-0.39, 0.29) is 30.7 Å². The fourth-order valence-electron chi connectivity index (χ4n) is 1.85. The second-order valence-electron chi connectivity index (χ2n) is 3.82. The lowest BCUT2D eigenvalue weighted by atomic mass is 10.3. The van der Waals surface area contributed by atoms with Crippen LogP contribution in [-0.4, -0.2) is 46.8 Å². The Hall–Kier alpha value is -0.780. The first kappa shape index (κ1) is 16.2. The molecule has 2 rings (SSSR count). The average Bonchev–Trinajstić information content (AvgIpc) is 2.86. The molecule has 1 saturated heterocycles. The second kappa shape index (κ2) is 7.53. The van der Waals surface area contributed by atoms with Crippen molar-refractivity contribution in [2.75, 3.05) is 20.1 Å². The van der Waals surface area contributed by atoms with Crippen LogP contribution in [0.4, 0.5) is 0 Å². The quantitative estimate of drug-likeness (QED) is 0.880. The van der Waals surface area contributed by atoms with Gasteiger partial charge >= 0.3 is 0 Å². The SMILES string of the molecule is CNC1CCN(C(=O)Cn2cccn2)C1.Cl.Cl. The number of likely N-dealkylation sites (N-methyl/N-ethyl adjacent to an activating group) is 1. The number of carbonyl (C=O) groups excluding carboxylic acids is 1. The molecule has 17 heavy (non-hydrogen) atoms. The van der Waals surface area contributed by atoms with Gasteiger partial charge in [-0.05, 0) is 19.5 Å². The van der Waals surface area contributed by atoms with Crippen molar-refractivity contribution in [2.24, 2.45) is 0 Å². The maximum atomic E-state index is 11.8. The molecular formula is C10H18Cl2N4O. The summed E-state index contributed by atoms with van der Waals surface area (Å²) in [6.07, 6.45) is 4.54. The zero-order valence-corrected chi connectivity index (χ0v) is 11.3. The van der Waals surface area contributed by atoms with E-state index in [0.717, 1.165) is 19.5 Å². The van der Waals surface area contributed by atoms with Gasteiger partial charge in [0.25, 0.3) is 0 Å². The summed E-state index contributed by atoms with van der Waals surface area (Å²) in [4.78, 5) is 13.7. The van der Waals surface area contributed by atoms with Crippen molar-refractivity contribution >= 4 is 30.7 Å². The molecule has 0 radical (unpaired) electrons. The van der Waals surface area contributed by atoms with Gasteiger partial charge in [-0.3, -0.25) is 9.48 Å². The number of hydrogen-bond acceptors (Lipinski definition) is 3. The van der Waals surface area contributed by atoms with Crippen LogP contribution in [0.5, 0.6) is 0 Å². The zero-order chi connectivity index (χ0) is 10.7. The van der Waals surface area contributed by atoms with Crippen LogP contribution in [-0.2, 0) is 11.3 Å². The lowest BCUT2D eigenvalue weighted by Crippen LogP contribution is -2.35. The molecule has 1 aliphatic rings. The predicted molar refractivity (Wildman–Crippen MR) is 70.8 cm³/mol. The van der Waals surface area contributed by atoms with E-state index >= 15 is 0 Å². The van der Waals surface area contributed by atoms with Gasteiger partial charge in [-0.1, -0.05) is 0 Å². The van der Waals surface area contributed by atoms with Crippen LogP contribution in [0.1, 0.15) is 6.42 Å². The van der Waals surface area contributed by atoms with Gasteiger partial charge < -0.3 is 10.2 Å². The Kier molecular flexibility index (Phi) is 7.18. The molecule has 1 unspecified atom stereocenters. The molecule has 1 amide bonds. The van der Waals surface area contributed by atoms with Crippen LogP contribution < -0.4 is 5.32 Å². The van der Waals surface area contributed by atoms with Crippen molar-refractivity contribution in [3.8, 4) is 0 Å². The van der Waals surface area contributed by atoms with Gasteiger partial charge in [0.15, 0.2) is 0 Å². The van der Waals surface area contributed by atoms with Crippen LogP contribution >= 0.6 is 24.8 Å². The number of aromatic nitrogens is 2. The first-order valence-corrected chi connectivity index (χ1v) is 5.22. The van der Waals surface area contributed by atoms with Crippen molar-refractivity contribution in [1.29, 1.82) is 0 Å². The highest BCUT2D eigenvalue weighted by Gasteiger charge is 2.24. The van der Waals surface area contributed by atoms with Gasteiger partial charge in [0.1, 0.15) is 6.54 Å². The van der Waals surface area contributed by atoms with Crippen LogP contribution in [0.2, 0.25) is 0 Å². The number of carbonyl (C=O) groups is 1. The zero-order valence-electron chi connectivity index (χ0n) is 9.70. The topological polar surface area (TPSA) is 50.2 Å². The molecule has 0 saturated carbocycles. The third-order valence-corrected chi connectivity index (χ3v) is 2.81. The van der Waals surface area contributed by atoms with Gasteiger partial charge in [0, 0.05) is 31.5 Å². The predicted octanol–water partition coefficient (Wildman–Crippen LogP) is 0.547. The molecule has 0 bridgehead atoms. The molecule has 98 valence electrons. The van der Waals surface area contributed by atoms with Crippen LogP contribution in [0.3, 0.4) is 0 Å². The molecular weight excluding hydrogens is 263 g/mol. The van der Waals surface area contributed by atoms with E-state index in [4.69, 9.17) is 0 Å². The van der Waals surface area contributed by atoms with E-state index in [1.54, 1.807) is 10.9 Å². The lowest BCUT2D eigenvalue weighted by molar-refractivity contribution is -0.131. The van der Waals surface area contributed by atoms with Crippen LogP contribution in [0.15, 0.2) is 18.5 Å². The number of hydrogen-bond donors (Lipinski definition) is 1. The van der Waals surface area contributed by atoms with E-state index in [0.29, 0.717) is 12.6 Å². The molecule has 5 nitrogen and oxygen atoms in total. The van der Waals surface area contributed by atoms with E-state index in [1.165, 1.54) is 0 Å². The Balaban J connectivity index is 0.00000128. The first-order chi connectivity index (χ1) is 7.29. The van der Waals surface area contributed by atoms with E-state index < -0.39 is 0 Å². The standard InChI is InChI=1S/C10H16N4O.2ClH/c1-11-9-3-6-13(7-9)10(15)8-14-5-2-4-12-14;;/h2,4-5,9,11H,3,6-8H2,1H3;2*1H. The fraction of sp³-hybridized carbons (Fsp3) is 0.600. The second-order valence-corrected chi connectivity index (χ2v) is 3.82. The number of halogens is 2. The molecule has 1 aromatic heterocycles. The maximum absolute atomic E-state index is 11.8. The van der Waals surface area contributed by atoms with Crippen LogP contribution in [0.25, 0.3) is 0 Å². The summed E-state index contributed by atoms with van der Waals surface area (Å²) in [6, 6.07) is 2.28. The maximum Gasteiger partial charge on any atom is 0.244 e. The first-order valence-electron chi connectivity index (χ1n) is 5.22. The molecule has 0 aromatic carbocycles. The molecule has 1 aromatic rings. The van der Waals surface area contributed by atoms with Gasteiger partial charge in [-0.25, -0.2) is 0 Å². The minimum absolute atomic E-state index is 0. The smallest absolute Gasteiger partial charge is 0.244 e. The van der Waals surface area contributed by atoms with Gasteiger partial charge in [0.05, 0.1) is 0 Å². The normalized spacial score (nSPS) is 18.4. The molecule has 7 heteroatoms. The van der Waals surface area contributed by atoms with E-state index in [9.17, 15) is 4.79 Å². The summed E-state index contributed by atoms with van der Waals surface area (Å²) in [5.74, 6) is 0.149. The summed E-state index contributed by atoms with van der Waals surface area (Å²) >= 11 is 0. The molecule has 1 aliphatic heterocycles. The van der Waals surface area contributed by atoms with Crippen molar-refractivity contribution < 1.29 is 4.79 Å². The Morgan fingerprint density at radius 3 is 2.82 bits per heavy atom. The number of nitrogens with one attached hydrogen (secondary N) is 1. The van der Waals surface area contributed by atoms with Crippen molar-refractivity contribution in [2.45, 2.75) is 19.0 Å². The minimum Gasteiger partial charge on any atom is -0.339 e. The summed E-state index contributed by atoms with van der Waals surface area (Å²) in [5, 5.41) is 7.21. The third-order valence-electron chi connectivity index (χ3n) is 2.81. The Labute approximate surface area is 113 Å². The highest BCUT2D eigenvalue weighted by molar-refractivity contribution is 5.85. The Morgan fingerprint density at radius 2 is 2.29 bits per heavy atom. The monoisotopic (exact) mass is 280 g/mol. The molecule has 0 aliphatic carbocycles. The molecule has 1 atom stereocenters. The van der Waals surface area contributed by atoms with E-state index in [1.807, 2.05) is 24.2 Å². The van der Waals surface area contributed by atoms with Crippen molar-refractivity contribution in [3.63, 3.8) is 0 Å². The largest absolute Gasteiger partial charge is 0.339 e. The summed E-state index contributed by atoms with van der Waals surface area (Å²) < 4.78 is 1.66. The molecule has 2 heterocycles. The fourth-order valence-corrected chi connectivity index (χ4v) is 1.85. The minimum atomic E-state index is 0. The molecule has 0 spiro atoms. The average molecular weight is 281 g/mol. The Morgan fingerprint density at radius 1 is 1.53 bits per heavy atom. The van der Waals surface area contributed by atoms with Crippen molar-refractivity contribution in [3.05, 3.63) is 18.5 Å². The van der Waals surface area contributed by atoms with Gasteiger partial charge in [0.2, 0.25) is 5.91 Å². The summed E-state index contributed by atoms with van der Waals surface area (Å²) in [6.45, 7) is 2.02. The third kappa shape index (κ3) is 4.18. The molecule has 1 N–H and O–H groups in total. The number of nitrogens with zero attached hydrogens (tertiary/aromatic N) is 3. The number of likely N-dealkylation sites (tertiary alicyclic amines) is 1. The number of rotatable bonds is 3. The lowest BCUT2D eigenvalue weighted by Gasteiger charge is -2.16.